The Kier molecular flexibility index (Phi) is 11.0. The van der Waals surface area contributed by atoms with Crippen molar-refractivity contribution in [2.24, 2.45) is 0 Å². The van der Waals surface area contributed by atoms with E-state index in [0.717, 1.165) is 38.7 Å². The van der Waals surface area contributed by atoms with Gasteiger partial charge < -0.3 is 9.84 Å². The number of carbonyl (C=O) groups excluding carboxylic acids is 1. The van der Waals surface area contributed by atoms with Crippen LogP contribution in [0.15, 0.2) is 12.1 Å². The summed E-state index contributed by atoms with van der Waals surface area (Å²) < 4.78 is 6.08. The molecular weight excluding hydrogens is 460 g/mol. The molecule has 1 N–H and O–H groups in total. The lowest BCUT2D eigenvalue weighted by molar-refractivity contribution is -0.146. The number of hydrogen-bond donors (Lipinski definition) is 1. The van der Waals surface area contributed by atoms with Gasteiger partial charge in [-0.2, -0.15) is 23.5 Å². The summed E-state index contributed by atoms with van der Waals surface area (Å²) in [5.41, 5.74) is 2.79. The highest BCUT2D eigenvalue weighted by Gasteiger charge is 2.23. The van der Waals surface area contributed by atoms with E-state index < -0.39 is 0 Å². The molecule has 2 fully saturated rings. The second-order valence-corrected chi connectivity index (χ2v) is 14.0. The number of carbonyl (C=O) groups is 1. The number of phenols is 1. The average Bonchev–Trinajstić information content (AvgIpc) is 2.82. The average molecular weight is 507 g/mol. The van der Waals surface area contributed by atoms with Crippen molar-refractivity contribution in [2.75, 3.05) is 11.5 Å². The first-order chi connectivity index (χ1) is 16.2. The van der Waals surface area contributed by atoms with Crippen molar-refractivity contribution >= 4 is 29.5 Å². The monoisotopic (exact) mass is 506 g/mol. The van der Waals surface area contributed by atoms with Gasteiger partial charge in [0.2, 0.25) is 0 Å². The number of hydrogen-bond acceptors (Lipinski definition) is 5. The zero-order valence-corrected chi connectivity index (χ0v) is 23.5. The minimum absolute atomic E-state index is 0.0121. The van der Waals surface area contributed by atoms with Crippen molar-refractivity contribution in [3.8, 4) is 5.75 Å². The summed E-state index contributed by atoms with van der Waals surface area (Å²) in [6, 6.07) is 4.07. The number of ether oxygens (including phenoxy) is 1. The number of aromatic hydroxyl groups is 1. The van der Waals surface area contributed by atoms with E-state index in [-0.39, 0.29) is 17.5 Å². The van der Waals surface area contributed by atoms with Crippen LogP contribution < -0.4 is 0 Å². The lowest BCUT2D eigenvalue weighted by Gasteiger charge is -2.26. The highest BCUT2D eigenvalue weighted by atomic mass is 32.2. The molecule has 0 aromatic heterocycles. The molecule has 34 heavy (non-hydrogen) atoms. The van der Waals surface area contributed by atoms with E-state index in [1.165, 1.54) is 64.2 Å². The number of thioether (sulfide) groups is 2. The number of rotatable bonds is 10. The molecule has 0 spiro atoms. The molecule has 0 amide bonds. The molecule has 5 heteroatoms. The molecule has 2 aliphatic rings. The van der Waals surface area contributed by atoms with Gasteiger partial charge in [-0.25, -0.2) is 0 Å². The van der Waals surface area contributed by atoms with Gasteiger partial charge in [-0.05, 0) is 61.1 Å². The number of benzene rings is 1. The Morgan fingerprint density at radius 2 is 1.50 bits per heavy atom. The molecule has 3 rings (SSSR count). The third-order valence-corrected chi connectivity index (χ3v) is 10.2. The van der Waals surface area contributed by atoms with Crippen molar-refractivity contribution < 1.29 is 14.6 Å². The normalized spacial score (nSPS) is 18.4. The minimum atomic E-state index is -0.136. The van der Waals surface area contributed by atoms with E-state index in [0.29, 0.717) is 18.6 Å². The number of esters is 1. The van der Waals surface area contributed by atoms with Gasteiger partial charge in [0.15, 0.2) is 0 Å². The number of phenolic OH excluding ortho intramolecular Hbond substituents is 1. The standard InChI is InChI=1S/C29H46O3S2/c1-21-17-22(18-26(28(21)31)29(2,3)4)15-16-27(30)32-23(19-33-24-11-7-5-8-12-24)20-34-25-13-9-6-10-14-25/h17-18,23-25,31H,5-16,19-20H2,1-4H3. The summed E-state index contributed by atoms with van der Waals surface area (Å²) in [6.45, 7) is 8.27. The quantitative estimate of drug-likeness (QED) is 0.326. The van der Waals surface area contributed by atoms with Crippen LogP contribution in [0.25, 0.3) is 0 Å². The fourth-order valence-electron chi connectivity index (χ4n) is 5.13. The van der Waals surface area contributed by atoms with Crippen LogP contribution in [0, 0.1) is 6.92 Å². The van der Waals surface area contributed by atoms with Crippen LogP contribution in [-0.4, -0.2) is 39.2 Å². The summed E-state index contributed by atoms with van der Waals surface area (Å²) in [6.07, 6.45) is 14.5. The van der Waals surface area contributed by atoms with Crippen LogP contribution in [0.5, 0.6) is 5.75 Å². The smallest absolute Gasteiger partial charge is 0.306 e. The van der Waals surface area contributed by atoms with Crippen LogP contribution in [0.4, 0.5) is 0 Å². The molecule has 1 aromatic rings. The highest BCUT2D eigenvalue weighted by Crippen LogP contribution is 2.35. The summed E-state index contributed by atoms with van der Waals surface area (Å²) in [5, 5.41) is 12.0. The van der Waals surface area contributed by atoms with Crippen LogP contribution in [0.1, 0.15) is 108 Å². The molecule has 0 atom stereocenters. The molecule has 0 bridgehead atoms. The van der Waals surface area contributed by atoms with Gasteiger partial charge in [-0.15, -0.1) is 0 Å². The molecule has 1 aromatic carbocycles. The van der Waals surface area contributed by atoms with Gasteiger partial charge >= 0.3 is 5.97 Å². The van der Waals surface area contributed by atoms with Gasteiger partial charge in [-0.1, -0.05) is 71.4 Å². The highest BCUT2D eigenvalue weighted by molar-refractivity contribution is 8.00. The van der Waals surface area contributed by atoms with Gasteiger partial charge in [-0.3, -0.25) is 4.79 Å². The SMILES string of the molecule is Cc1cc(CCC(=O)OC(CSC2CCCCC2)CSC2CCCCC2)cc(C(C)(C)C)c1O. The maximum atomic E-state index is 12.9. The van der Waals surface area contributed by atoms with Crippen LogP contribution in [-0.2, 0) is 21.4 Å². The zero-order valence-electron chi connectivity index (χ0n) is 21.9. The topological polar surface area (TPSA) is 46.5 Å². The first kappa shape index (κ1) is 27.8. The lowest BCUT2D eigenvalue weighted by atomic mass is 9.83. The molecule has 0 aliphatic heterocycles. The third kappa shape index (κ3) is 9.00. The predicted octanol–water partition coefficient (Wildman–Crippen LogP) is 7.97. The van der Waals surface area contributed by atoms with E-state index in [4.69, 9.17) is 4.74 Å². The van der Waals surface area contributed by atoms with Crippen molar-refractivity contribution in [3.63, 3.8) is 0 Å². The minimum Gasteiger partial charge on any atom is -0.507 e. The van der Waals surface area contributed by atoms with E-state index in [9.17, 15) is 9.90 Å². The molecule has 0 saturated heterocycles. The van der Waals surface area contributed by atoms with Crippen molar-refractivity contribution in [1.29, 1.82) is 0 Å². The first-order valence-electron chi connectivity index (χ1n) is 13.5. The molecule has 3 nitrogen and oxygen atoms in total. The Balaban J connectivity index is 1.54. The fraction of sp³-hybridized carbons (Fsp3) is 0.759. The second-order valence-electron chi connectivity index (χ2n) is 11.4. The Morgan fingerprint density at radius 3 is 2.00 bits per heavy atom. The summed E-state index contributed by atoms with van der Waals surface area (Å²) in [5.74, 6) is 2.16. The van der Waals surface area contributed by atoms with E-state index in [2.05, 4.69) is 26.8 Å². The molecule has 2 aliphatic carbocycles. The Labute approximate surface area is 216 Å². The summed E-state index contributed by atoms with van der Waals surface area (Å²) >= 11 is 4.08. The van der Waals surface area contributed by atoms with Crippen LogP contribution in [0.3, 0.4) is 0 Å². The number of aryl methyl sites for hydroxylation is 2. The van der Waals surface area contributed by atoms with Crippen LogP contribution >= 0.6 is 23.5 Å². The third-order valence-electron chi connectivity index (χ3n) is 7.22. The van der Waals surface area contributed by atoms with Crippen LogP contribution in [0.2, 0.25) is 0 Å². The van der Waals surface area contributed by atoms with Gasteiger partial charge in [0.05, 0.1) is 0 Å². The van der Waals surface area contributed by atoms with Gasteiger partial charge in [0.1, 0.15) is 11.9 Å². The molecule has 2 saturated carbocycles. The second kappa shape index (κ2) is 13.5. The maximum Gasteiger partial charge on any atom is 0.306 e. The van der Waals surface area contributed by atoms with E-state index in [1.807, 2.05) is 36.5 Å². The summed E-state index contributed by atoms with van der Waals surface area (Å²) in [4.78, 5) is 12.9. The van der Waals surface area contributed by atoms with E-state index in [1.54, 1.807) is 0 Å². The lowest BCUT2D eigenvalue weighted by Crippen LogP contribution is -2.26. The molecule has 0 heterocycles. The fourth-order valence-corrected chi connectivity index (χ4v) is 7.96. The first-order valence-corrected chi connectivity index (χ1v) is 15.6. The zero-order chi connectivity index (χ0) is 24.6. The predicted molar refractivity (Wildman–Crippen MR) is 148 cm³/mol. The van der Waals surface area contributed by atoms with E-state index >= 15 is 0 Å². The molecule has 0 unspecified atom stereocenters. The molecular formula is C29H46O3S2. The van der Waals surface area contributed by atoms with Crippen molar-refractivity contribution in [2.45, 2.75) is 127 Å². The van der Waals surface area contributed by atoms with Gasteiger partial charge in [0, 0.05) is 28.4 Å². The Bertz CT molecular complexity index is 752. The van der Waals surface area contributed by atoms with Gasteiger partial charge in [0.25, 0.3) is 0 Å². The molecule has 0 radical (unpaired) electrons. The Morgan fingerprint density at radius 1 is 0.971 bits per heavy atom. The maximum absolute atomic E-state index is 12.9. The Hall–Kier alpha value is -0.810. The summed E-state index contributed by atoms with van der Waals surface area (Å²) in [7, 11) is 0. The van der Waals surface area contributed by atoms with Crippen molar-refractivity contribution in [1.82, 2.24) is 0 Å². The molecule has 192 valence electrons. The largest absolute Gasteiger partial charge is 0.507 e. The van der Waals surface area contributed by atoms with Crippen molar-refractivity contribution in [3.05, 3.63) is 28.8 Å².